The van der Waals surface area contributed by atoms with Crippen molar-refractivity contribution in [1.29, 1.82) is 0 Å². The van der Waals surface area contributed by atoms with Crippen LogP contribution in [0.25, 0.3) is 0 Å². The first kappa shape index (κ1) is 14.2. The molecule has 0 fully saturated rings. The van der Waals surface area contributed by atoms with E-state index in [0.29, 0.717) is 11.4 Å². The molecule has 0 aliphatic carbocycles. The Balaban J connectivity index is 2.40. The van der Waals surface area contributed by atoms with Gasteiger partial charge in [0.25, 0.3) is 0 Å². The fourth-order valence-corrected chi connectivity index (χ4v) is 1.81. The number of anilines is 3. The number of hydrogen-bond acceptors (Lipinski definition) is 2. The maximum Gasteiger partial charge on any atom is 0.418 e. The summed E-state index contributed by atoms with van der Waals surface area (Å²) in [7, 11) is 1.60. The quantitative estimate of drug-likeness (QED) is 0.661. The molecule has 2 aromatic rings. The van der Waals surface area contributed by atoms with E-state index in [1.54, 1.807) is 7.05 Å². The monoisotopic (exact) mass is 284 g/mol. The van der Waals surface area contributed by atoms with Crippen LogP contribution in [0.1, 0.15) is 5.56 Å². The molecule has 0 radical (unpaired) electrons. The molecule has 6 heteroatoms. The van der Waals surface area contributed by atoms with Gasteiger partial charge in [-0.15, -0.1) is 0 Å². The zero-order chi connectivity index (χ0) is 14.9. The van der Waals surface area contributed by atoms with Crippen molar-refractivity contribution in [2.75, 3.05) is 17.7 Å². The fraction of sp³-hybridized carbons (Fsp3) is 0.143. The molecule has 0 bridgehead atoms. The van der Waals surface area contributed by atoms with Gasteiger partial charge in [0.1, 0.15) is 5.82 Å². The number of nitrogens with zero attached hydrogens (tertiary/aromatic N) is 1. The lowest BCUT2D eigenvalue weighted by Crippen LogP contribution is -2.13. The summed E-state index contributed by atoms with van der Waals surface area (Å²) in [5, 5.41) is 0. The molecule has 0 heterocycles. The van der Waals surface area contributed by atoms with Crippen LogP contribution in [0.15, 0.2) is 42.5 Å². The normalized spacial score (nSPS) is 11.4. The smallest absolute Gasteiger partial charge is 0.398 e. The molecule has 0 saturated heterocycles. The highest BCUT2D eigenvalue weighted by atomic mass is 19.4. The van der Waals surface area contributed by atoms with Gasteiger partial charge < -0.3 is 10.6 Å². The average molecular weight is 284 g/mol. The number of rotatable bonds is 2. The van der Waals surface area contributed by atoms with Crippen molar-refractivity contribution < 1.29 is 17.6 Å². The van der Waals surface area contributed by atoms with Gasteiger partial charge in [0.05, 0.1) is 5.56 Å². The molecule has 0 spiro atoms. The predicted octanol–water partition coefficient (Wildman–Crippen LogP) is 4.19. The third-order valence-corrected chi connectivity index (χ3v) is 2.94. The summed E-state index contributed by atoms with van der Waals surface area (Å²) in [5.74, 6) is -0.407. The Morgan fingerprint density at radius 2 is 1.50 bits per heavy atom. The molecule has 2 nitrogen and oxygen atoms in total. The van der Waals surface area contributed by atoms with Crippen LogP contribution in [0.5, 0.6) is 0 Å². The number of hydrogen-bond donors (Lipinski definition) is 1. The molecule has 0 atom stereocenters. The van der Waals surface area contributed by atoms with Crippen molar-refractivity contribution in [3.05, 3.63) is 53.8 Å². The van der Waals surface area contributed by atoms with Crippen LogP contribution in [0.2, 0.25) is 0 Å². The topological polar surface area (TPSA) is 29.3 Å². The second-order valence-corrected chi connectivity index (χ2v) is 4.30. The molecular weight excluding hydrogens is 272 g/mol. The average Bonchev–Trinajstić information content (AvgIpc) is 2.38. The van der Waals surface area contributed by atoms with Crippen molar-refractivity contribution in [3.8, 4) is 0 Å². The van der Waals surface area contributed by atoms with Gasteiger partial charge in [0, 0.05) is 24.1 Å². The Bertz CT molecular complexity index is 606. The highest BCUT2D eigenvalue weighted by Gasteiger charge is 2.33. The predicted molar refractivity (Wildman–Crippen MR) is 70.3 cm³/mol. The van der Waals surface area contributed by atoms with Crippen LogP contribution in [-0.2, 0) is 6.18 Å². The number of alkyl halides is 3. The first-order valence-corrected chi connectivity index (χ1v) is 5.75. The lowest BCUT2D eigenvalue weighted by atomic mass is 10.1. The van der Waals surface area contributed by atoms with Crippen molar-refractivity contribution in [2.45, 2.75) is 6.18 Å². The molecule has 0 saturated carbocycles. The van der Waals surface area contributed by atoms with Gasteiger partial charge in [0.15, 0.2) is 0 Å². The minimum Gasteiger partial charge on any atom is -0.398 e. The summed E-state index contributed by atoms with van der Waals surface area (Å²) >= 11 is 0. The molecule has 0 amide bonds. The van der Waals surface area contributed by atoms with Gasteiger partial charge in [-0.2, -0.15) is 13.2 Å². The summed E-state index contributed by atoms with van der Waals surface area (Å²) in [6, 6.07) is 9.12. The summed E-state index contributed by atoms with van der Waals surface area (Å²) in [6.45, 7) is 0. The molecule has 0 unspecified atom stereocenters. The molecule has 0 aliphatic rings. The summed E-state index contributed by atoms with van der Waals surface area (Å²) < 4.78 is 51.2. The largest absolute Gasteiger partial charge is 0.418 e. The van der Waals surface area contributed by atoms with E-state index in [1.807, 2.05) is 0 Å². The molecule has 0 aromatic heterocycles. The lowest BCUT2D eigenvalue weighted by Gasteiger charge is -2.21. The molecular formula is C14H12F4N2. The Morgan fingerprint density at radius 3 is 2.05 bits per heavy atom. The standard InChI is InChI=1S/C14H12F4N2/c1-20(10-4-2-9(15)3-5-10)11-6-7-13(19)12(8-11)14(16,17)18/h2-8H,19H2,1H3. The van der Waals surface area contributed by atoms with Gasteiger partial charge in [-0.25, -0.2) is 4.39 Å². The van der Waals surface area contributed by atoms with E-state index in [-0.39, 0.29) is 5.69 Å². The summed E-state index contributed by atoms with van der Waals surface area (Å²) in [4.78, 5) is 1.52. The molecule has 2 aromatic carbocycles. The number of benzene rings is 2. The zero-order valence-corrected chi connectivity index (χ0v) is 10.6. The first-order chi connectivity index (χ1) is 9.29. The van der Waals surface area contributed by atoms with Crippen LogP contribution in [0.3, 0.4) is 0 Å². The Kier molecular flexibility index (Phi) is 3.57. The number of halogens is 4. The van der Waals surface area contributed by atoms with E-state index in [0.717, 1.165) is 6.07 Å². The van der Waals surface area contributed by atoms with Gasteiger partial charge in [-0.1, -0.05) is 0 Å². The zero-order valence-electron chi connectivity index (χ0n) is 10.6. The van der Waals surface area contributed by atoms with Crippen molar-refractivity contribution in [3.63, 3.8) is 0 Å². The van der Waals surface area contributed by atoms with Crippen LogP contribution < -0.4 is 10.6 Å². The van der Waals surface area contributed by atoms with Gasteiger partial charge in [-0.05, 0) is 42.5 Å². The Morgan fingerprint density at radius 1 is 0.950 bits per heavy atom. The fourth-order valence-electron chi connectivity index (χ4n) is 1.81. The van der Waals surface area contributed by atoms with E-state index in [1.165, 1.54) is 41.3 Å². The van der Waals surface area contributed by atoms with Crippen LogP contribution in [0, 0.1) is 5.82 Å². The number of nitrogen functional groups attached to an aromatic ring is 1. The molecule has 106 valence electrons. The van der Waals surface area contributed by atoms with E-state index >= 15 is 0 Å². The highest BCUT2D eigenvalue weighted by molar-refractivity contribution is 5.66. The third-order valence-electron chi connectivity index (χ3n) is 2.94. The van der Waals surface area contributed by atoms with E-state index in [9.17, 15) is 17.6 Å². The van der Waals surface area contributed by atoms with Gasteiger partial charge in [-0.3, -0.25) is 0 Å². The Labute approximate surface area is 113 Å². The van der Waals surface area contributed by atoms with Crippen molar-refractivity contribution >= 4 is 17.1 Å². The van der Waals surface area contributed by atoms with Crippen LogP contribution in [0.4, 0.5) is 34.6 Å². The summed E-state index contributed by atoms with van der Waals surface area (Å²) in [5.41, 5.74) is 5.03. The minimum absolute atomic E-state index is 0.318. The van der Waals surface area contributed by atoms with Crippen LogP contribution in [-0.4, -0.2) is 7.05 Å². The summed E-state index contributed by atoms with van der Waals surface area (Å²) in [6.07, 6.45) is -4.51. The molecule has 0 aliphatic heterocycles. The molecule has 20 heavy (non-hydrogen) atoms. The lowest BCUT2D eigenvalue weighted by molar-refractivity contribution is -0.136. The van der Waals surface area contributed by atoms with Crippen LogP contribution >= 0.6 is 0 Å². The second-order valence-electron chi connectivity index (χ2n) is 4.30. The van der Waals surface area contributed by atoms with E-state index in [2.05, 4.69) is 0 Å². The first-order valence-electron chi connectivity index (χ1n) is 5.75. The maximum absolute atomic E-state index is 12.8. The van der Waals surface area contributed by atoms with Crippen molar-refractivity contribution in [2.24, 2.45) is 0 Å². The third kappa shape index (κ3) is 2.84. The van der Waals surface area contributed by atoms with Gasteiger partial charge in [0.2, 0.25) is 0 Å². The maximum atomic E-state index is 12.8. The number of nitrogens with two attached hydrogens (primary N) is 1. The molecule has 2 N–H and O–H groups in total. The second kappa shape index (κ2) is 5.03. The van der Waals surface area contributed by atoms with Gasteiger partial charge >= 0.3 is 6.18 Å². The SMILES string of the molecule is CN(c1ccc(F)cc1)c1ccc(N)c(C(F)(F)F)c1. The minimum atomic E-state index is -4.51. The van der Waals surface area contributed by atoms with Crippen molar-refractivity contribution in [1.82, 2.24) is 0 Å². The van der Waals surface area contributed by atoms with E-state index in [4.69, 9.17) is 5.73 Å². The highest BCUT2D eigenvalue weighted by Crippen LogP contribution is 2.36. The molecule has 2 rings (SSSR count). The van der Waals surface area contributed by atoms with E-state index < -0.39 is 17.6 Å². The Hall–Kier alpha value is -2.24.